The van der Waals surface area contributed by atoms with Gasteiger partial charge in [-0.1, -0.05) is 53.2 Å². The molecule has 1 heterocycles. The molecule has 0 fully saturated rings. The summed E-state index contributed by atoms with van der Waals surface area (Å²) in [7, 11) is 0. The van der Waals surface area contributed by atoms with Gasteiger partial charge in [0.1, 0.15) is 0 Å². The third kappa shape index (κ3) is 2.71. The third-order valence-corrected chi connectivity index (χ3v) is 4.70. The van der Waals surface area contributed by atoms with E-state index >= 15 is 0 Å². The van der Waals surface area contributed by atoms with Crippen LogP contribution in [-0.4, -0.2) is 16.8 Å². The Morgan fingerprint density at radius 3 is 2.57 bits per heavy atom. The zero-order valence-electron chi connectivity index (χ0n) is 12.6. The molecule has 0 aliphatic carbocycles. The highest BCUT2D eigenvalue weighted by Gasteiger charge is 2.47. The predicted molar refractivity (Wildman–Crippen MR) is 91.4 cm³/mol. The number of carbonyl (C=O) groups excluding carboxylic acids is 2. The van der Waals surface area contributed by atoms with Gasteiger partial charge in [0, 0.05) is 15.6 Å². The van der Waals surface area contributed by atoms with E-state index in [4.69, 9.17) is 0 Å². The van der Waals surface area contributed by atoms with E-state index in [2.05, 4.69) is 21.2 Å². The van der Waals surface area contributed by atoms with Crippen LogP contribution >= 0.6 is 15.9 Å². The number of amides is 1. The van der Waals surface area contributed by atoms with Gasteiger partial charge in [-0.3, -0.25) is 9.59 Å². The molecule has 3 rings (SSSR count). The summed E-state index contributed by atoms with van der Waals surface area (Å²) in [4.78, 5) is 24.8. The largest absolute Gasteiger partial charge is 0.375 e. The second-order valence-corrected chi connectivity index (χ2v) is 6.53. The van der Waals surface area contributed by atoms with Crippen molar-refractivity contribution in [1.29, 1.82) is 0 Å². The molecular weight excluding hydrogens is 358 g/mol. The minimum absolute atomic E-state index is 0.273. The minimum atomic E-state index is -1.81. The van der Waals surface area contributed by atoms with Gasteiger partial charge in [0.2, 0.25) is 0 Å². The van der Waals surface area contributed by atoms with Crippen LogP contribution < -0.4 is 5.32 Å². The number of rotatable bonds is 4. The van der Waals surface area contributed by atoms with Gasteiger partial charge in [-0.15, -0.1) is 0 Å². The first-order valence-electron chi connectivity index (χ1n) is 7.40. The van der Waals surface area contributed by atoms with Crippen molar-refractivity contribution in [3.05, 3.63) is 63.6 Å². The Labute approximate surface area is 142 Å². The molecule has 1 aliphatic heterocycles. The molecule has 23 heavy (non-hydrogen) atoms. The molecule has 1 unspecified atom stereocenters. The Hall–Kier alpha value is -1.98. The zero-order valence-corrected chi connectivity index (χ0v) is 14.2. The lowest BCUT2D eigenvalue weighted by Gasteiger charge is -2.20. The minimum Gasteiger partial charge on any atom is -0.375 e. The van der Waals surface area contributed by atoms with Crippen molar-refractivity contribution < 1.29 is 14.7 Å². The number of hydrogen-bond donors (Lipinski definition) is 2. The SMILES string of the molecule is CCc1cccc2c1NC(=O)C2(O)CC(=O)c1ccc(Br)cc1. The maximum Gasteiger partial charge on any atom is 0.261 e. The van der Waals surface area contributed by atoms with Gasteiger partial charge in [0.15, 0.2) is 11.4 Å². The van der Waals surface area contributed by atoms with Crippen molar-refractivity contribution in [2.45, 2.75) is 25.4 Å². The number of benzene rings is 2. The number of Topliss-reactive ketones (excluding diaryl/α,β-unsaturated/α-hetero) is 1. The highest BCUT2D eigenvalue weighted by Crippen LogP contribution is 2.41. The summed E-state index contributed by atoms with van der Waals surface area (Å²) in [6, 6.07) is 12.3. The van der Waals surface area contributed by atoms with E-state index in [1.165, 1.54) is 0 Å². The molecule has 0 saturated carbocycles. The Bertz CT molecular complexity index is 785. The fourth-order valence-electron chi connectivity index (χ4n) is 2.87. The number of fused-ring (bicyclic) bond motifs is 1. The van der Waals surface area contributed by atoms with E-state index in [0.29, 0.717) is 16.8 Å². The number of carbonyl (C=O) groups is 2. The number of aliphatic hydroxyl groups is 1. The highest BCUT2D eigenvalue weighted by atomic mass is 79.9. The van der Waals surface area contributed by atoms with Crippen molar-refractivity contribution in [2.75, 3.05) is 5.32 Å². The number of aryl methyl sites for hydroxylation is 1. The lowest BCUT2D eigenvalue weighted by atomic mass is 9.87. The number of para-hydroxylation sites is 1. The number of ketones is 1. The summed E-state index contributed by atoms with van der Waals surface area (Å²) in [5.41, 5.74) is 0.709. The molecule has 118 valence electrons. The number of halogens is 1. The van der Waals surface area contributed by atoms with Crippen molar-refractivity contribution in [3.8, 4) is 0 Å². The molecule has 0 spiro atoms. The second-order valence-electron chi connectivity index (χ2n) is 5.61. The molecule has 5 heteroatoms. The van der Waals surface area contributed by atoms with Crippen LogP contribution in [0.15, 0.2) is 46.9 Å². The van der Waals surface area contributed by atoms with Gasteiger partial charge in [-0.2, -0.15) is 0 Å². The Morgan fingerprint density at radius 2 is 1.91 bits per heavy atom. The second kappa shape index (κ2) is 5.91. The fraction of sp³-hybridized carbons (Fsp3) is 0.222. The van der Waals surface area contributed by atoms with E-state index in [0.717, 1.165) is 16.5 Å². The van der Waals surface area contributed by atoms with E-state index in [1.807, 2.05) is 13.0 Å². The number of anilines is 1. The Balaban J connectivity index is 1.95. The standard InChI is InChI=1S/C18H16BrNO3/c1-2-11-4-3-5-14-16(11)20-17(22)18(14,23)10-15(21)12-6-8-13(19)9-7-12/h3-9,23H,2,10H2,1H3,(H,20,22). The monoisotopic (exact) mass is 373 g/mol. The first kappa shape index (κ1) is 15.9. The van der Waals surface area contributed by atoms with Crippen molar-refractivity contribution in [3.63, 3.8) is 0 Å². The zero-order chi connectivity index (χ0) is 16.6. The van der Waals surface area contributed by atoms with Crippen LogP contribution in [-0.2, 0) is 16.8 Å². The fourth-order valence-corrected chi connectivity index (χ4v) is 3.14. The predicted octanol–water partition coefficient (Wildman–Crippen LogP) is 3.42. The normalized spacial score (nSPS) is 19.3. The summed E-state index contributed by atoms with van der Waals surface area (Å²) in [6.07, 6.45) is 0.459. The average molecular weight is 374 g/mol. The lowest BCUT2D eigenvalue weighted by molar-refractivity contribution is -0.133. The van der Waals surface area contributed by atoms with E-state index in [9.17, 15) is 14.7 Å². The smallest absolute Gasteiger partial charge is 0.261 e. The molecule has 0 aromatic heterocycles. The van der Waals surface area contributed by atoms with Crippen molar-refractivity contribution in [1.82, 2.24) is 0 Å². The molecule has 0 bridgehead atoms. The van der Waals surface area contributed by atoms with Gasteiger partial charge in [-0.25, -0.2) is 0 Å². The van der Waals surface area contributed by atoms with Crippen LogP contribution in [0.5, 0.6) is 0 Å². The van der Waals surface area contributed by atoms with Crippen LogP contribution in [0.1, 0.15) is 34.8 Å². The topological polar surface area (TPSA) is 66.4 Å². The average Bonchev–Trinajstić information content (AvgIpc) is 2.79. The van der Waals surface area contributed by atoms with Gasteiger partial charge in [0.05, 0.1) is 12.1 Å². The van der Waals surface area contributed by atoms with E-state index in [1.54, 1.807) is 36.4 Å². The number of nitrogens with one attached hydrogen (secondary N) is 1. The van der Waals surface area contributed by atoms with Gasteiger partial charge in [-0.05, 0) is 24.1 Å². The van der Waals surface area contributed by atoms with E-state index < -0.39 is 11.5 Å². The quantitative estimate of drug-likeness (QED) is 0.806. The van der Waals surface area contributed by atoms with E-state index in [-0.39, 0.29) is 12.2 Å². The third-order valence-electron chi connectivity index (χ3n) is 4.17. The summed E-state index contributed by atoms with van der Waals surface area (Å²) in [5.74, 6) is -0.816. The summed E-state index contributed by atoms with van der Waals surface area (Å²) in [6.45, 7) is 1.98. The van der Waals surface area contributed by atoms with Gasteiger partial charge in [0.25, 0.3) is 5.91 Å². The molecule has 1 aliphatic rings. The number of hydrogen-bond acceptors (Lipinski definition) is 3. The van der Waals surface area contributed by atoms with Crippen LogP contribution in [0, 0.1) is 0 Å². The van der Waals surface area contributed by atoms with Gasteiger partial charge >= 0.3 is 0 Å². The molecule has 4 nitrogen and oxygen atoms in total. The Morgan fingerprint density at radius 1 is 1.22 bits per heavy atom. The highest BCUT2D eigenvalue weighted by molar-refractivity contribution is 9.10. The molecule has 2 aromatic rings. The first-order valence-corrected chi connectivity index (χ1v) is 8.20. The summed E-state index contributed by atoms with van der Waals surface area (Å²) >= 11 is 3.32. The lowest BCUT2D eigenvalue weighted by Crippen LogP contribution is -2.36. The molecule has 0 radical (unpaired) electrons. The summed E-state index contributed by atoms with van der Waals surface area (Å²) in [5, 5.41) is 13.6. The maximum absolute atomic E-state index is 12.5. The van der Waals surface area contributed by atoms with Crippen LogP contribution in [0.4, 0.5) is 5.69 Å². The molecular formula is C18H16BrNO3. The van der Waals surface area contributed by atoms with Crippen LogP contribution in [0.3, 0.4) is 0 Å². The van der Waals surface area contributed by atoms with Crippen LogP contribution in [0.25, 0.3) is 0 Å². The maximum atomic E-state index is 12.5. The molecule has 2 aromatic carbocycles. The Kier molecular flexibility index (Phi) is 4.08. The molecule has 1 atom stereocenters. The molecule has 0 saturated heterocycles. The van der Waals surface area contributed by atoms with Gasteiger partial charge < -0.3 is 10.4 Å². The molecule has 2 N–H and O–H groups in total. The van der Waals surface area contributed by atoms with Crippen molar-refractivity contribution in [2.24, 2.45) is 0 Å². The summed E-state index contributed by atoms with van der Waals surface area (Å²) < 4.78 is 0.865. The first-order chi connectivity index (χ1) is 11.0. The van der Waals surface area contributed by atoms with Crippen molar-refractivity contribution >= 4 is 33.3 Å². The van der Waals surface area contributed by atoms with Crippen LogP contribution in [0.2, 0.25) is 0 Å². The molecule has 1 amide bonds.